The smallest absolute Gasteiger partial charge is 0.191 e. The zero-order valence-corrected chi connectivity index (χ0v) is 19.3. The van der Waals surface area contributed by atoms with E-state index >= 15 is 0 Å². The number of hydrogen-bond donors (Lipinski definition) is 2. The Balaban J connectivity index is 0.00000312. The Morgan fingerprint density at radius 2 is 1.92 bits per heavy atom. The fourth-order valence-corrected chi connectivity index (χ4v) is 3.69. The molecule has 0 amide bonds. The molecule has 148 valence electrons. The van der Waals surface area contributed by atoms with E-state index in [4.69, 9.17) is 4.74 Å². The first-order valence-electron chi connectivity index (χ1n) is 9.61. The largest absolute Gasteiger partial charge is 0.377 e. The summed E-state index contributed by atoms with van der Waals surface area (Å²) in [6.45, 7) is 11.9. The van der Waals surface area contributed by atoms with Crippen LogP contribution in [-0.4, -0.2) is 62.8 Å². The maximum Gasteiger partial charge on any atom is 0.191 e. The van der Waals surface area contributed by atoms with Gasteiger partial charge >= 0.3 is 0 Å². The van der Waals surface area contributed by atoms with Gasteiger partial charge in [-0.1, -0.05) is 20.8 Å². The lowest BCUT2D eigenvalue weighted by Gasteiger charge is -2.40. The monoisotopic (exact) mass is 466 g/mol. The Hall–Kier alpha value is -0.0800. The van der Waals surface area contributed by atoms with Crippen LogP contribution in [0, 0.1) is 11.3 Å². The van der Waals surface area contributed by atoms with Crippen LogP contribution in [0.3, 0.4) is 0 Å². The number of aliphatic imine (C=N–C) groups is 1. The van der Waals surface area contributed by atoms with Gasteiger partial charge in [0.1, 0.15) is 0 Å². The fraction of sp³-hybridized carbons (Fsp3) is 0.947. The van der Waals surface area contributed by atoms with Crippen molar-refractivity contribution >= 4 is 29.9 Å². The molecule has 1 aliphatic carbocycles. The van der Waals surface area contributed by atoms with Crippen LogP contribution in [0.15, 0.2) is 4.99 Å². The van der Waals surface area contributed by atoms with Gasteiger partial charge in [0.15, 0.2) is 5.96 Å². The molecule has 2 rings (SSSR count). The number of halogens is 1. The van der Waals surface area contributed by atoms with Gasteiger partial charge in [0, 0.05) is 44.7 Å². The highest BCUT2D eigenvalue weighted by Crippen LogP contribution is 2.33. The van der Waals surface area contributed by atoms with Crippen LogP contribution in [0.4, 0.5) is 0 Å². The van der Waals surface area contributed by atoms with Gasteiger partial charge in [-0.2, -0.15) is 0 Å². The zero-order valence-electron chi connectivity index (χ0n) is 17.0. The van der Waals surface area contributed by atoms with Crippen LogP contribution < -0.4 is 10.6 Å². The molecule has 25 heavy (non-hydrogen) atoms. The average molecular weight is 466 g/mol. The second kappa shape index (κ2) is 10.3. The van der Waals surface area contributed by atoms with E-state index in [-0.39, 0.29) is 29.4 Å². The fourth-order valence-electron chi connectivity index (χ4n) is 3.69. The number of guanidine groups is 1. The predicted octanol–water partition coefficient (Wildman–Crippen LogP) is 3.09. The van der Waals surface area contributed by atoms with E-state index in [1.54, 1.807) is 0 Å². The highest BCUT2D eigenvalue weighted by atomic mass is 127. The third kappa shape index (κ3) is 7.21. The minimum atomic E-state index is 0. The molecule has 0 aromatic rings. The Morgan fingerprint density at radius 1 is 1.24 bits per heavy atom. The molecule has 1 saturated heterocycles. The molecule has 2 fully saturated rings. The van der Waals surface area contributed by atoms with Crippen molar-refractivity contribution in [2.45, 2.75) is 71.6 Å². The third-order valence-corrected chi connectivity index (χ3v) is 5.44. The molecule has 0 aromatic carbocycles. The first-order chi connectivity index (χ1) is 11.3. The average Bonchev–Trinajstić information content (AvgIpc) is 3.38. The quantitative estimate of drug-likeness (QED) is 0.359. The van der Waals surface area contributed by atoms with Crippen LogP contribution in [0.2, 0.25) is 0 Å². The van der Waals surface area contributed by atoms with E-state index in [1.807, 2.05) is 7.05 Å². The molecule has 0 aromatic heterocycles. The van der Waals surface area contributed by atoms with Gasteiger partial charge in [0.05, 0.1) is 6.10 Å². The van der Waals surface area contributed by atoms with Crippen LogP contribution in [0.25, 0.3) is 0 Å². The van der Waals surface area contributed by atoms with Crippen molar-refractivity contribution in [3.05, 3.63) is 0 Å². The predicted molar refractivity (Wildman–Crippen MR) is 117 cm³/mol. The number of likely N-dealkylation sites (N-methyl/N-ethyl adjacent to an activating group) is 1. The molecule has 1 saturated carbocycles. The SMILES string of the molecule is CN=C(NCC1CCCOC1C(C)(C)C)NCC(C)N(C)C1CC1.I. The first-order valence-corrected chi connectivity index (χ1v) is 9.61. The molecule has 6 heteroatoms. The lowest BCUT2D eigenvalue weighted by molar-refractivity contribution is -0.0835. The maximum absolute atomic E-state index is 6.08. The van der Waals surface area contributed by atoms with E-state index in [2.05, 4.69) is 55.3 Å². The summed E-state index contributed by atoms with van der Waals surface area (Å²) < 4.78 is 6.08. The minimum Gasteiger partial charge on any atom is -0.377 e. The number of nitrogens with zero attached hydrogens (tertiary/aromatic N) is 2. The van der Waals surface area contributed by atoms with Crippen molar-refractivity contribution in [1.82, 2.24) is 15.5 Å². The van der Waals surface area contributed by atoms with Crippen molar-refractivity contribution < 1.29 is 4.74 Å². The van der Waals surface area contributed by atoms with Gasteiger partial charge in [-0.15, -0.1) is 24.0 Å². The van der Waals surface area contributed by atoms with E-state index in [0.29, 0.717) is 18.1 Å². The molecule has 2 N–H and O–H groups in total. The highest BCUT2D eigenvalue weighted by Gasteiger charge is 2.35. The van der Waals surface area contributed by atoms with E-state index in [1.165, 1.54) is 19.3 Å². The molecule has 0 radical (unpaired) electrons. The van der Waals surface area contributed by atoms with Crippen LogP contribution in [0.1, 0.15) is 53.4 Å². The van der Waals surface area contributed by atoms with Gasteiger partial charge in [0.25, 0.3) is 0 Å². The summed E-state index contributed by atoms with van der Waals surface area (Å²) in [5.41, 5.74) is 0.186. The molecule has 1 aliphatic heterocycles. The summed E-state index contributed by atoms with van der Waals surface area (Å²) in [7, 11) is 4.08. The Labute approximate surface area is 171 Å². The van der Waals surface area contributed by atoms with Crippen molar-refractivity contribution in [3.8, 4) is 0 Å². The van der Waals surface area contributed by atoms with Gasteiger partial charge in [-0.25, -0.2) is 0 Å². The molecular formula is C19H39IN4O. The molecule has 0 bridgehead atoms. The van der Waals surface area contributed by atoms with Crippen molar-refractivity contribution in [2.24, 2.45) is 16.3 Å². The molecule has 2 aliphatic rings. The Morgan fingerprint density at radius 3 is 2.48 bits per heavy atom. The molecular weight excluding hydrogens is 427 g/mol. The van der Waals surface area contributed by atoms with Gasteiger partial charge in [0.2, 0.25) is 0 Å². The molecule has 0 spiro atoms. The van der Waals surface area contributed by atoms with Gasteiger partial charge < -0.3 is 15.4 Å². The van der Waals surface area contributed by atoms with Gasteiger partial charge in [-0.05, 0) is 45.1 Å². The Bertz CT molecular complexity index is 420. The van der Waals surface area contributed by atoms with Crippen molar-refractivity contribution in [3.63, 3.8) is 0 Å². The second-order valence-electron chi connectivity index (χ2n) is 8.64. The number of rotatable bonds is 6. The third-order valence-electron chi connectivity index (χ3n) is 5.44. The van der Waals surface area contributed by atoms with E-state index in [9.17, 15) is 0 Å². The molecule has 1 heterocycles. The number of ether oxygens (including phenoxy) is 1. The summed E-state index contributed by atoms with van der Waals surface area (Å²) in [5, 5.41) is 7.00. The zero-order chi connectivity index (χ0) is 17.7. The standard InChI is InChI=1S/C19H38N4O.HI/c1-14(23(6)16-9-10-16)12-21-18(20-5)22-13-15-8-7-11-24-17(15)19(2,3)4;/h14-17H,7-13H2,1-6H3,(H2,20,21,22);1H. The lowest BCUT2D eigenvalue weighted by atomic mass is 9.78. The molecule has 3 unspecified atom stereocenters. The lowest BCUT2D eigenvalue weighted by Crippen LogP contribution is -2.49. The second-order valence-corrected chi connectivity index (χ2v) is 8.64. The van der Waals surface area contributed by atoms with Crippen LogP contribution >= 0.6 is 24.0 Å². The van der Waals surface area contributed by atoms with Crippen LogP contribution in [-0.2, 0) is 4.74 Å². The summed E-state index contributed by atoms with van der Waals surface area (Å²) in [5.74, 6) is 1.45. The number of nitrogens with one attached hydrogen (secondary N) is 2. The minimum absolute atomic E-state index is 0. The molecule has 5 nitrogen and oxygen atoms in total. The molecule has 3 atom stereocenters. The summed E-state index contributed by atoms with van der Waals surface area (Å²) in [6, 6.07) is 1.32. The van der Waals surface area contributed by atoms with E-state index in [0.717, 1.165) is 38.1 Å². The van der Waals surface area contributed by atoms with Crippen molar-refractivity contribution in [2.75, 3.05) is 33.8 Å². The summed E-state index contributed by atoms with van der Waals surface area (Å²) in [4.78, 5) is 6.86. The van der Waals surface area contributed by atoms with Crippen molar-refractivity contribution in [1.29, 1.82) is 0 Å². The van der Waals surface area contributed by atoms with E-state index < -0.39 is 0 Å². The highest BCUT2D eigenvalue weighted by molar-refractivity contribution is 14.0. The number of hydrogen-bond acceptors (Lipinski definition) is 3. The Kier molecular flexibility index (Phi) is 9.46. The first kappa shape index (κ1) is 23.0. The topological polar surface area (TPSA) is 48.9 Å². The maximum atomic E-state index is 6.08. The summed E-state index contributed by atoms with van der Waals surface area (Å²) in [6.07, 6.45) is 5.41. The van der Waals surface area contributed by atoms with Gasteiger partial charge in [-0.3, -0.25) is 9.89 Å². The summed E-state index contributed by atoms with van der Waals surface area (Å²) >= 11 is 0. The normalized spacial score (nSPS) is 26.1. The van der Waals surface area contributed by atoms with Crippen LogP contribution in [0.5, 0.6) is 0 Å².